The number of hydrazone groups is 1. The van der Waals surface area contributed by atoms with E-state index >= 15 is 0 Å². The molecule has 10 heteroatoms. The molecule has 1 aromatic heterocycles. The van der Waals surface area contributed by atoms with Gasteiger partial charge in [0.05, 0.1) is 29.1 Å². The third-order valence-electron chi connectivity index (χ3n) is 5.78. The highest BCUT2D eigenvalue weighted by Gasteiger charge is 2.46. The van der Waals surface area contributed by atoms with Gasteiger partial charge in [-0.15, -0.1) is 0 Å². The number of halogens is 4. The van der Waals surface area contributed by atoms with E-state index < -0.39 is 17.8 Å². The summed E-state index contributed by atoms with van der Waals surface area (Å²) in [5, 5.41) is 5.77. The molecular formula is C21H23ClF3N5O. The number of piperidine rings is 1. The van der Waals surface area contributed by atoms with Crippen LogP contribution in [-0.2, 0) is 0 Å². The second kappa shape index (κ2) is 8.53. The molecule has 4 rings (SSSR count). The molecule has 0 spiro atoms. The van der Waals surface area contributed by atoms with Crippen LogP contribution in [0.15, 0.2) is 41.8 Å². The minimum Gasteiger partial charge on any atom is -0.490 e. The fourth-order valence-corrected chi connectivity index (χ4v) is 3.96. The van der Waals surface area contributed by atoms with Crippen LogP contribution in [0.2, 0.25) is 5.02 Å². The summed E-state index contributed by atoms with van der Waals surface area (Å²) in [4.78, 5) is 10.6. The number of aromatic nitrogens is 2. The maximum absolute atomic E-state index is 13.2. The van der Waals surface area contributed by atoms with Crippen molar-refractivity contribution < 1.29 is 17.9 Å². The average Bonchev–Trinajstić information content (AvgIpc) is 3.05. The van der Waals surface area contributed by atoms with Crippen molar-refractivity contribution in [2.75, 3.05) is 23.0 Å². The van der Waals surface area contributed by atoms with Gasteiger partial charge in [-0.25, -0.2) is 9.97 Å². The zero-order valence-corrected chi connectivity index (χ0v) is 17.9. The Morgan fingerprint density at radius 1 is 1.03 bits per heavy atom. The number of nitrogens with zero attached hydrogens (tertiary/aromatic N) is 5. The SMILES string of the molecule is C[C@@H]1C(C(F)(F)F)=NN(c2ccc(OC3CCN(c4ncc(Cl)cn4)CC3)cc2)[C@H]1C. The molecule has 0 amide bonds. The second-order valence-corrected chi connectivity index (χ2v) is 8.29. The lowest BCUT2D eigenvalue weighted by Crippen LogP contribution is -2.39. The zero-order valence-electron chi connectivity index (χ0n) is 17.2. The fourth-order valence-electron chi connectivity index (χ4n) is 3.86. The summed E-state index contributed by atoms with van der Waals surface area (Å²) in [6, 6.07) is 6.68. The van der Waals surface area contributed by atoms with Gasteiger partial charge in [-0.05, 0) is 31.2 Å². The molecule has 0 N–H and O–H groups in total. The van der Waals surface area contributed by atoms with Gasteiger partial charge < -0.3 is 9.64 Å². The van der Waals surface area contributed by atoms with E-state index in [1.807, 2.05) is 0 Å². The van der Waals surface area contributed by atoms with Crippen molar-refractivity contribution in [1.82, 2.24) is 9.97 Å². The summed E-state index contributed by atoms with van der Waals surface area (Å²) in [5.41, 5.74) is -0.127. The van der Waals surface area contributed by atoms with Crippen LogP contribution in [0.5, 0.6) is 5.75 Å². The molecule has 1 fully saturated rings. The van der Waals surface area contributed by atoms with Crippen molar-refractivity contribution in [3.63, 3.8) is 0 Å². The molecular weight excluding hydrogens is 431 g/mol. The molecule has 0 saturated carbocycles. The highest BCUT2D eigenvalue weighted by Crippen LogP contribution is 2.35. The standard InChI is InChI=1S/C21H23ClF3N5O/c1-13-14(2)30(28-19(13)21(23,24)25)16-3-5-17(6-4-16)31-18-7-9-29(10-8-18)20-26-11-15(22)12-27-20/h3-6,11-14,18H,7-10H2,1-2H3/t13-,14-/m0/s1. The minimum atomic E-state index is -4.42. The van der Waals surface area contributed by atoms with E-state index in [-0.39, 0.29) is 12.1 Å². The van der Waals surface area contributed by atoms with E-state index in [0.29, 0.717) is 22.4 Å². The molecule has 0 unspecified atom stereocenters. The monoisotopic (exact) mass is 453 g/mol. The molecule has 2 aromatic rings. The number of benzene rings is 1. The molecule has 6 nitrogen and oxygen atoms in total. The van der Waals surface area contributed by atoms with Crippen molar-refractivity contribution in [2.24, 2.45) is 11.0 Å². The van der Waals surface area contributed by atoms with Gasteiger partial charge in [-0.1, -0.05) is 18.5 Å². The highest BCUT2D eigenvalue weighted by molar-refractivity contribution is 6.30. The van der Waals surface area contributed by atoms with Crippen molar-refractivity contribution in [3.8, 4) is 5.75 Å². The van der Waals surface area contributed by atoms with Crippen molar-refractivity contribution in [1.29, 1.82) is 0 Å². The van der Waals surface area contributed by atoms with Gasteiger partial charge in [0, 0.05) is 31.8 Å². The van der Waals surface area contributed by atoms with E-state index in [2.05, 4.69) is 20.0 Å². The van der Waals surface area contributed by atoms with Gasteiger partial charge in [-0.2, -0.15) is 18.3 Å². The first kappa shape index (κ1) is 21.7. The largest absolute Gasteiger partial charge is 0.490 e. The predicted molar refractivity (Wildman–Crippen MR) is 114 cm³/mol. The van der Waals surface area contributed by atoms with E-state index in [1.165, 1.54) is 5.01 Å². The van der Waals surface area contributed by atoms with Gasteiger partial charge in [0.25, 0.3) is 0 Å². The smallest absolute Gasteiger partial charge is 0.431 e. The molecule has 2 aliphatic rings. The maximum atomic E-state index is 13.2. The lowest BCUT2D eigenvalue weighted by atomic mass is 9.98. The molecule has 166 valence electrons. The van der Waals surface area contributed by atoms with Crippen LogP contribution in [0.3, 0.4) is 0 Å². The first-order chi connectivity index (χ1) is 14.7. The summed E-state index contributed by atoms with van der Waals surface area (Å²) in [6.07, 6.45) is 0.420. The van der Waals surface area contributed by atoms with Crippen molar-refractivity contribution in [2.45, 2.75) is 45.0 Å². The lowest BCUT2D eigenvalue weighted by Gasteiger charge is -2.32. The molecule has 1 saturated heterocycles. The Morgan fingerprint density at radius 2 is 1.65 bits per heavy atom. The maximum Gasteiger partial charge on any atom is 0.431 e. The summed E-state index contributed by atoms with van der Waals surface area (Å²) in [7, 11) is 0. The van der Waals surface area contributed by atoms with Crippen LogP contribution in [-0.4, -0.2) is 47.1 Å². The molecule has 1 aromatic carbocycles. The Bertz CT molecular complexity index is 928. The summed E-state index contributed by atoms with van der Waals surface area (Å²) in [6.45, 7) is 4.83. The number of ether oxygens (including phenoxy) is 1. The van der Waals surface area contributed by atoms with Crippen LogP contribution in [0, 0.1) is 5.92 Å². The second-order valence-electron chi connectivity index (χ2n) is 7.86. The van der Waals surface area contributed by atoms with E-state index in [0.717, 1.165) is 25.9 Å². The van der Waals surface area contributed by atoms with E-state index in [4.69, 9.17) is 16.3 Å². The Kier molecular flexibility index (Phi) is 5.96. The Balaban J connectivity index is 1.35. The van der Waals surface area contributed by atoms with Gasteiger partial charge in [0.2, 0.25) is 5.95 Å². The van der Waals surface area contributed by atoms with Gasteiger partial charge in [0.15, 0.2) is 0 Å². The molecule has 3 heterocycles. The molecule has 2 aliphatic heterocycles. The minimum absolute atomic E-state index is 0.0509. The van der Waals surface area contributed by atoms with Crippen LogP contribution in [0.1, 0.15) is 26.7 Å². The third kappa shape index (κ3) is 4.71. The van der Waals surface area contributed by atoms with E-state index in [9.17, 15) is 13.2 Å². The number of alkyl halides is 3. The van der Waals surface area contributed by atoms with E-state index in [1.54, 1.807) is 50.5 Å². The predicted octanol–water partition coefficient (Wildman–Crippen LogP) is 4.94. The van der Waals surface area contributed by atoms with Crippen molar-refractivity contribution >= 4 is 28.9 Å². The quantitative estimate of drug-likeness (QED) is 0.656. The van der Waals surface area contributed by atoms with Gasteiger partial charge in [-0.3, -0.25) is 5.01 Å². The van der Waals surface area contributed by atoms with Crippen LogP contribution >= 0.6 is 11.6 Å². The van der Waals surface area contributed by atoms with Crippen LogP contribution < -0.4 is 14.6 Å². The Labute approximate surface area is 183 Å². The number of rotatable bonds is 4. The fraction of sp³-hybridized carbons (Fsp3) is 0.476. The zero-order chi connectivity index (χ0) is 22.2. The Morgan fingerprint density at radius 3 is 2.19 bits per heavy atom. The summed E-state index contributed by atoms with van der Waals surface area (Å²) < 4.78 is 45.5. The normalized spacial score (nSPS) is 22.6. The first-order valence-electron chi connectivity index (χ1n) is 10.2. The Hall–Kier alpha value is -2.55. The van der Waals surface area contributed by atoms with Gasteiger partial charge >= 0.3 is 6.18 Å². The average molecular weight is 454 g/mol. The molecule has 2 atom stereocenters. The van der Waals surface area contributed by atoms with Crippen LogP contribution in [0.25, 0.3) is 0 Å². The molecule has 0 bridgehead atoms. The first-order valence-corrected chi connectivity index (χ1v) is 10.5. The molecule has 31 heavy (non-hydrogen) atoms. The summed E-state index contributed by atoms with van der Waals surface area (Å²) in [5.74, 6) is 0.649. The van der Waals surface area contributed by atoms with Crippen LogP contribution in [0.4, 0.5) is 24.8 Å². The number of hydrogen-bond donors (Lipinski definition) is 0. The summed E-state index contributed by atoms with van der Waals surface area (Å²) >= 11 is 5.84. The number of anilines is 2. The molecule has 0 radical (unpaired) electrons. The topological polar surface area (TPSA) is 53.9 Å². The van der Waals surface area contributed by atoms with Gasteiger partial charge in [0.1, 0.15) is 17.6 Å². The third-order valence-corrected chi connectivity index (χ3v) is 5.98. The van der Waals surface area contributed by atoms with Crippen molar-refractivity contribution in [3.05, 3.63) is 41.7 Å². The highest BCUT2D eigenvalue weighted by atomic mass is 35.5. The lowest BCUT2D eigenvalue weighted by molar-refractivity contribution is -0.0619. The molecule has 0 aliphatic carbocycles. The number of hydrogen-bond acceptors (Lipinski definition) is 6.